The van der Waals surface area contributed by atoms with Crippen molar-refractivity contribution in [2.24, 2.45) is 5.92 Å². The molecule has 0 fully saturated rings. The fraction of sp³-hybridized carbons (Fsp3) is 0.667. The highest BCUT2D eigenvalue weighted by Crippen LogP contribution is 2.15. The quantitative estimate of drug-likeness (QED) is 0.778. The van der Waals surface area contributed by atoms with Crippen LogP contribution in [0.2, 0.25) is 0 Å². The Morgan fingerprint density at radius 3 is 2.55 bits per heavy atom. The normalized spacial score (nSPS) is 12.4. The Morgan fingerprint density at radius 2 is 2.00 bits per heavy atom. The van der Waals surface area contributed by atoms with Gasteiger partial charge in [-0.25, -0.2) is 4.79 Å². The number of aliphatic carboxylic acids is 1. The average Bonchev–Trinajstić information content (AvgIpc) is 2.38. The summed E-state index contributed by atoms with van der Waals surface area (Å²) < 4.78 is 1.67. The lowest BCUT2D eigenvalue weighted by Gasteiger charge is -2.16. The van der Waals surface area contributed by atoms with Gasteiger partial charge in [-0.3, -0.25) is 9.36 Å². The molecule has 0 aliphatic heterocycles. The number of aryl methyl sites for hydroxylation is 1. The molecule has 0 aromatic carbocycles. The van der Waals surface area contributed by atoms with Gasteiger partial charge in [0, 0.05) is 17.9 Å². The first-order valence-corrected chi connectivity index (χ1v) is 7.18. The molecule has 5 nitrogen and oxygen atoms in total. The van der Waals surface area contributed by atoms with E-state index in [0.29, 0.717) is 18.7 Å². The molecule has 1 rings (SSSR count). The van der Waals surface area contributed by atoms with Gasteiger partial charge in [-0.15, -0.1) is 0 Å². The van der Waals surface area contributed by atoms with Gasteiger partial charge >= 0.3 is 11.7 Å². The Kier molecular flexibility index (Phi) is 5.92. The molecule has 0 spiro atoms. The van der Waals surface area contributed by atoms with Crippen LogP contribution in [0.4, 0.5) is 0 Å². The number of hydrogen-bond acceptors (Lipinski definition) is 3. The van der Waals surface area contributed by atoms with Crippen molar-refractivity contribution in [2.75, 3.05) is 0 Å². The van der Waals surface area contributed by atoms with Crippen LogP contribution >= 0.6 is 0 Å². The van der Waals surface area contributed by atoms with E-state index in [1.165, 1.54) is 0 Å². The number of nitrogens with zero attached hydrogens (tertiary/aromatic N) is 2. The predicted octanol–water partition coefficient (Wildman–Crippen LogP) is 2.31. The van der Waals surface area contributed by atoms with Gasteiger partial charge in [0.25, 0.3) is 0 Å². The van der Waals surface area contributed by atoms with Crippen LogP contribution in [0.5, 0.6) is 0 Å². The molecule has 1 heterocycles. The van der Waals surface area contributed by atoms with Crippen molar-refractivity contribution in [1.29, 1.82) is 0 Å². The van der Waals surface area contributed by atoms with Gasteiger partial charge in [0.15, 0.2) is 0 Å². The second-order valence-electron chi connectivity index (χ2n) is 5.35. The monoisotopic (exact) mass is 280 g/mol. The molecule has 0 saturated carbocycles. The van der Waals surface area contributed by atoms with Crippen molar-refractivity contribution >= 4 is 5.97 Å². The molecular formula is C15H24N2O3. The van der Waals surface area contributed by atoms with Crippen LogP contribution in [0.1, 0.15) is 50.1 Å². The number of aromatic nitrogens is 2. The van der Waals surface area contributed by atoms with E-state index in [1.54, 1.807) is 18.4 Å². The van der Waals surface area contributed by atoms with E-state index in [-0.39, 0.29) is 5.69 Å². The fourth-order valence-electron chi connectivity index (χ4n) is 2.31. The van der Waals surface area contributed by atoms with Gasteiger partial charge in [-0.05, 0) is 32.3 Å². The Bertz CT molecular complexity index is 535. The van der Waals surface area contributed by atoms with Crippen molar-refractivity contribution < 1.29 is 9.90 Å². The Hall–Kier alpha value is -1.65. The number of unbranched alkanes of at least 4 members (excludes halogenated alkanes) is 2. The molecule has 1 N–H and O–H groups in total. The third kappa shape index (κ3) is 3.92. The van der Waals surface area contributed by atoms with Gasteiger partial charge in [-0.2, -0.15) is 4.98 Å². The first-order valence-electron chi connectivity index (χ1n) is 7.18. The van der Waals surface area contributed by atoms with Crippen molar-refractivity contribution in [1.82, 2.24) is 9.55 Å². The van der Waals surface area contributed by atoms with Crippen LogP contribution in [0.15, 0.2) is 4.79 Å². The third-order valence-electron chi connectivity index (χ3n) is 3.69. The summed E-state index contributed by atoms with van der Waals surface area (Å²) in [6.45, 7) is 8.09. The number of rotatable bonds is 7. The van der Waals surface area contributed by atoms with E-state index in [1.807, 2.05) is 6.92 Å². The molecule has 20 heavy (non-hydrogen) atoms. The number of carboxylic acids is 1. The van der Waals surface area contributed by atoms with Gasteiger partial charge in [0.1, 0.15) is 0 Å². The summed E-state index contributed by atoms with van der Waals surface area (Å²) in [6.07, 6.45) is 3.51. The molecule has 0 radical (unpaired) electrons. The van der Waals surface area contributed by atoms with Crippen LogP contribution < -0.4 is 5.69 Å². The SMILES string of the molecule is CCCCCn1c(C)c(CC(C)C(=O)O)c(C)nc1=O. The van der Waals surface area contributed by atoms with Gasteiger partial charge in [-0.1, -0.05) is 26.7 Å². The van der Waals surface area contributed by atoms with Crippen molar-refractivity contribution in [3.63, 3.8) is 0 Å². The van der Waals surface area contributed by atoms with Gasteiger partial charge < -0.3 is 5.11 Å². The second kappa shape index (κ2) is 7.22. The minimum atomic E-state index is -0.826. The highest BCUT2D eigenvalue weighted by molar-refractivity contribution is 5.70. The number of hydrogen-bond donors (Lipinski definition) is 1. The van der Waals surface area contributed by atoms with Crippen molar-refractivity contribution in [2.45, 2.75) is 59.9 Å². The summed E-state index contributed by atoms with van der Waals surface area (Å²) in [5.41, 5.74) is 2.15. The maximum atomic E-state index is 12.0. The fourth-order valence-corrected chi connectivity index (χ4v) is 2.31. The first kappa shape index (κ1) is 16.4. The molecule has 1 aromatic rings. The lowest BCUT2D eigenvalue weighted by molar-refractivity contribution is -0.141. The van der Waals surface area contributed by atoms with Gasteiger partial charge in [0.2, 0.25) is 0 Å². The van der Waals surface area contributed by atoms with Crippen LogP contribution in [0.25, 0.3) is 0 Å². The molecule has 0 bridgehead atoms. The second-order valence-corrected chi connectivity index (χ2v) is 5.35. The third-order valence-corrected chi connectivity index (χ3v) is 3.69. The zero-order chi connectivity index (χ0) is 15.3. The highest BCUT2D eigenvalue weighted by atomic mass is 16.4. The van der Waals surface area contributed by atoms with Crippen molar-refractivity contribution in [3.05, 3.63) is 27.4 Å². The summed E-state index contributed by atoms with van der Waals surface area (Å²) in [5, 5.41) is 9.03. The molecule has 1 atom stereocenters. The highest BCUT2D eigenvalue weighted by Gasteiger charge is 2.17. The molecular weight excluding hydrogens is 256 g/mol. The number of carboxylic acid groups (broad SMARTS) is 1. The molecule has 1 unspecified atom stereocenters. The van der Waals surface area contributed by atoms with E-state index in [2.05, 4.69) is 11.9 Å². The summed E-state index contributed by atoms with van der Waals surface area (Å²) in [5.74, 6) is -1.30. The smallest absolute Gasteiger partial charge is 0.347 e. The van der Waals surface area contributed by atoms with Crippen LogP contribution in [0.3, 0.4) is 0 Å². The Morgan fingerprint density at radius 1 is 1.35 bits per heavy atom. The molecule has 112 valence electrons. The topological polar surface area (TPSA) is 72.2 Å². The molecule has 5 heteroatoms. The van der Waals surface area contributed by atoms with E-state index in [0.717, 1.165) is 30.5 Å². The largest absolute Gasteiger partial charge is 0.481 e. The minimum Gasteiger partial charge on any atom is -0.481 e. The summed E-state index contributed by atoms with van der Waals surface area (Å²) in [4.78, 5) is 27.0. The summed E-state index contributed by atoms with van der Waals surface area (Å²) in [7, 11) is 0. The minimum absolute atomic E-state index is 0.233. The molecule has 1 aromatic heterocycles. The molecule has 0 aliphatic carbocycles. The predicted molar refractivity (Wildman–Crippen MR) is 78.0 cm³/mol. The van der Waals surface area contributed by atoms with Gasteiger partial charge in [0.05, 0.1) is 5.92 Å². The maximum absolute atomic E-state index is 12.0. The first-order chi connectivity index (χ1) is 9.38. The van der Waals surface area contributed by atoms with Crippen LogP contribution in [-0.4, -0.2) is 20.6 Å². The lowest BCUT2D eigenvalue weighted by Crippen LogP contribution is -2.29. The van der Waals surface area contributed by atoms with Crippen molar-refractivity contribution in [3.8, 4) is 0 Å². The Balaban J connectivity index is 3.08. The zero-order valence-electron chi connectivity index (χ0n) is 12.8. The maximum Gasteiger partial charge on any atom is 0.347 e. The van der Waals surface area contributed by atoms with Crippen LogP contribution in [0, 0.1) is 19.8 Å². The molecule has 0 amide bonds. The number of carbonyl (C=O) groups is 1. The molecule has 0 aliphatic rings. The summed E-state index contributed by atoms with van der Waals surface area (Å²) >= 11 is 0. The van der Waals surface area contributed by atoms with Crippen LogP contribution in [-0.2, 0) is 17.8 Å². The summed E-state index contributed by atoms with van der Waals surface area (Å²) in [6, 6.07) is 0. The zero-order valence-corrected chi connectivity index (χ0v) is 12.8. The molecule has 0 saturated heterocycles. The van der Waals surface area contributed by atoms with E-state index < -0.39 is 11.9 Å². The van der Waals surface area contributed by atoms with E-state index in [4.69, 9.17) is 5.11 Å². The van der Waals surface area contributed by atoms with E-state index in [9.17, 15) is 9.59 Å². The average molecular weight is 280 g/mol. The van der Waals surface area contributed by atoms with E-state index >= 15 is 0 Å². The lowest BCUT2D eigenvalue weighted by atomic mass is 9.99. The Labute approximate surface area is 119 Å². The standard InChI is InChI=1S/C15H24N2O3/c1-5-6-7-8-17-12(4)13(9-10(2)14(18)19)11(3)16-15(17)20/h10H,5-9H2,1-4H3,(H,18,19).